The van der Waals surface area contributed by atoms with Crippen LogP contribution in [-0.2, 0) is 0 Å². The van der Waals surface area contributed by atoms with Crippen molar-refractivity contribution in [3.8, 4) is 0 Å². The molecule has 0 saturated heterocycles. The molecule has 2 heteroatoms. The molecule has 0 heterocycles. The Balaban J connectivity index is 2.32. The third-order valence-corrected chi connectivity index (χ3v) is 5.15. The molecule has 1 saturated carbocycles. The van der Waals surface area contributed by atoms with Crippen LogP contribution in [0.2, 0.25) is 0 Å². The van der Waals surface area contributed by atoms with Gasteiger partial charge in [0.2, 0.25) is 0 Å². The summed E-state index contributed by atoms with van der Waals surface area (Å²) in [5.41, 5.74) is 6.20. The Hall–Kier alpha value is 0.310. The van der Waals surface area contributed by atoms with E-state index in [4.69, 9.17) is 5.73 Å². The van der Waals surface area contributed by atoms with E-state index in [1.165, 1.54) is 37.9 Å². The summed E-state index contributed by atoms with van der Waals surface area (Å²) >= 11 is 2.13. The minimum Gasteiger partial charge on any atom is -0.327 e. The normalized spacial score (nSPS) is 32.2. The molecular formula is C13H27NS. The molecule has 0 aromatic heterocycles. The molecule has 1 fully saturated rings. The third-order valence-electron chi connectivity index (χ3n) is 3.66. The molecule has 0 amide bonds. The van der Waals surface area contributed by atoms with Crippen LogP contribution >= 0.6 is 11.8 Å². The van der Waals surface area contributed by atoms with Crippen molar-refractivity contribution in [1.29, 1.82) is 0 Å². The average Bonchev–Trinajstić information content (AvgIpc) is 2.20. The Morgan fingerprint density at radius 3 is 2.67 bits per heavy atom. The lowest BCUT2D eigenvalue weighted by atomic mass is 9.79. The second-order valence-electron chi connectivity index (χ2n) is 5.24. The minimum absolute atomic E-state index is 0.460. The van der Waals surface area contributed by atoms with Crippen LogP contribution in [0.25, 0.3) is 0 Å². The highest BCUT2D eigenvalue weighted by Gasteiger charge is 2.29. The van der Waals surface area contributed by atoms with E-state index in [1.54, 1.807) is 0 Å². The molecule has 1 aliphatic carbocycles. The third kappa shape index (κ3) is 4.36. The van der Waals surface area contributed by atoms with E-state index >= 15 is 0 Å². The molecule has 0 bridgehead atoms. The van der Waals surface area contributed by atoms with Crippen molar-refractivity contribution in [2.75, 3.05) is 5.75 Å². The van der Waals surface area contributed by atoms with Crippen molar-refractivity contribution in [3.63, 3.8) is 0 Å². The van der Waals surface area contributed by atoms with E-state index in [0.717, 1.165) is 17.1 Å². The summed E-state index contributed by atoms with van der Waals surface area (Å²) in [7, 11) is 0. The Kier molecular flexibility index (Phi) is 6.06. The zero-order valence-corrected chi connectivity index (χ0v) is 11.4. The van der Waals surface area contributed by atoms with Crippen LogP contribution < -0.4 is 5.73 Å². The highest BCUT2D eigenvalue weighted by molar-refractivity contribution is 7.99. The maximum absolute atomic E-state index is 6.20. The van der Waals surface area contributed by atoms with E-state index in [1.807, 2.05) is 0 Å². The van der Waals surface area contributed by atoms with Gasteiger partial charge in [-0.2, -0.15) is 11.8 Å². The van der Waals surface area contributed by atoms with Crippen LogP contribution in [0.1, 0.15) is 52.9 Å². The number of hydrogen-bond donors (Lipinski definition) is 1. The van der Waals surface area contributed by atoms with Gasteiger partial charge in [-0.1, -0.05) is 27.2 Å². The largest absolute Gasteiger partial charge is 0.327 e. The van der Waals surface area contributed by atoms with E-state index < -0.39 is 0 Å². The maximum atomic E-state index is 6.20. The lowest BCUT2D eigenvalue weighted by Gasteiger charge is -2.35. The van der Waals surface area contributed by atoms with Gasteiger partial charge in [0.25, 0.3) is 0 Å². The van der Waals surface area contributed by atoms with Gasteiger partial charge in [0.1, 0.15) is 0 Å². The van der Waals surface area contributed by atoms with Crippen LogP contribution in [0.4, 0.5) is 0 Å². The lowest BCUT2D eigenvalue weighted by molar-refractivity contribution is 0.266. The molecule has 0 radical (unpaired) electrons. The van der Waals surface area contributed by atoms with Crippen LogP contribution in [0.5, 0.6) is 0 Å². The van der Waals surface area contributed by atoms with Gasteiger partial charge in [0.05, 0.1) is 0 Å². The fourth-order valence-electron chi connectivity index (χ4n) is 2.36. The number of thioether (sulfide) groups is 1. The molecule has 15 heavy (non-hydrogen) atoms. The molecule has 90 valence electrons. The van der Waals surface area contributed by atoms with Crippen LogP contribution in [0, 0.1) is 11.8 Å². The smallest absolute Gasteiger partial charge is 0.0201 e. The monoisotopic (exact) mass is 229 g/mol. The molecule has 1 nitrogen and oxygen atoms in total. The first-order chi connectivity index (χ1) is 7.15. The summed E-state index contributed by atoms with van der Waals surface area (Å²) < 4.78 is 0. The minimum atomic E-state index is 0.460. The molecule has 1 rings (SSSR count). The first-order valence-corrected chi connectivity index (χ1v) is 7.57. The topological polar surface area (TPSA) is 26.0 Å². The molecule has 0 aliphatic heterocycles. The van der Waals surface area contributed by atoms with Gasteiger partial charge in [-0.05, 0) is 43.3 Å². The van der Waals surface area contributed by atoms with E-state index in [9.17, 15) is 0 Å². The quantitative estimate of drug-likeness (QED) is 0.728. The molecule has 0 aromatic carbocycles. The fraction of sp³-hybridized carbons (Fsp3) is 1.00. The van der Waals surface area contributed by atoms with E-state index in [-0.39, 0.29) is 0 Å². The second kappa shape index (κ2) is 6.80. The van der Waals surface area contributed by atoms with Crippen molar-refractivity contribution < 1.29 is 0 Å². The molecule has 1 aliphatic rings. The van der Waals surface area contributed by atoms with Crippen LogP contribution in [-0.4, -0.2) is 17.0 Å². The Labute approximate surface area is 99.6 Å². The number of rotatable bonds is 5. The van der Waals surface area contributed by atoms with Crippen molar-refractivity contribution in [1.82, 2.24) is 0 Å². The lowest BCUT2D eigenvalue weighted by Crippen LogP contribution is -2.39. The summed E-state index contributed by atoms with van der Waals surface area (Å²) in [6.45, 7) is 6.98. The van der Waals surface area contributed by atoms with Crippen molar-refractivity contribution in [2.24, 2.45) is 17.6 Å². The van der Waals surface area contributed by atoms with E-state index in [0.29, 0.717) is 6.04 Å². The predicted molar refractivity (Wildman–Crippen MR) is 71.3 cm³/mol. The fourth-order valence-corrected chi connectivity index (χ4v) is 3.88. The van der Waals surface area contributed by atoms with E-state index in [2.05, 4.69) is 32.5 Å². The zero-order valence-electron chi connectivity index (χ0n) is 10.5. The molecule has 0 aromatic rings. The maximum Gasteiger partial charge on any atom is 0.0201 e. The summed E-state index contributed by atoms with van der Waals surface area (Å²) in [6.07, 6.45) is 6.60. The number of hydrogen-bond acceptors (Lipinski definition) is 2. The molecule has 3 unspecified atom stereocenters. The first-order valence-electron chi connectivity index (χ1n) is 6.52. The number of nitrogens with two attached hydrogens (primary N) is 1. The second-order valence-corrected chi connectivity index (χ2v) is 6.59. The highest BCUT2D eigenvalue weighted by atomic mass is 32.2. The van der Waals surface area contributed by atoms with Gasteiger partial charge in [0.15, 0.2) is 0 Å². The van der Waals surface area contributed by atoms with Gasteiger partial charge in [-0.25, -0.2) is 0 Å². The standard InChI is InChI=1S/C13H27NS/c1-4-5-8-15-13-9-11(10(2)3)6-7-12(13)14/h10-13H,4-9,14H2,1-3H3. The van der Waals surface area contributed by atoms with Crippen molar-refractivity contribution in [2.45, 2.75) is 64.2 Å². The Morgan fingerprint density at radius 2 is 2.07 bits per heavy atom. The molecule has 0 spiro atoms. The Bertz CT molecular complexity index is 170. The van der Waals surface area contributed by atoms with Gasteiger partial charge < -0.3 is 5.73 Å². The Morgan fingerprint density at radius 1 is 1.33 bits per heavy atom. The van der Waals surface area contributed by atoms with Gasteiger partial charge >= 0.3 is 0 Å². The van der Waals surface area contributed by atoms with Crippen LogP contribution in [0.15, 0.2) is 0 Å². The molecule has 3 atom stereocenters. The average molecular weight is 229 g/mol. The van der Waals surface area contributed by atoms with Crippen LogP contribution in [0.3, 0.4) is 0 Å². The summed E-state index contributed by atoms with van der Waals surface area (Å²) in [5, 5.41) is 0.734. The highest BCUT2D eigenvalue weighted by Crippen LogP contribution is 2.35. The molecule has 2 N–H and O–H groups in total. The first kappa shape index (κ1) is 13.4. The zero-order chi connectivity index (χ0) is 11.3. The summed E-state index contributed by atoms with van der Waals surface area (Å²) in [6, 6.07) is 0.460. The summed E-state index contributed by atoms with van der Waals surface area (Å²) in [5.74, 6) is 3.07. The summed E-state index contributed by atoms with van der Waals surface area (Å²) in [4.78, 5) is 0. The number of unbranched alkanes of at least 4 members (excludes halogenated alkanes) is 1. The van der Waals surface area contributed by atoms with Gasteiger partial charge in [0, 0.05) is 11.3 Å². The van der Waals surface area contributed by atoms with Gasteiger partial charge in [-0.15, -0.1) is 0 Å². The van der Waals surface area contributed by atoms with Crippen molar-refractivity contribution in [3.05, 3.63) is 0 Å². The molecular weight excluding hydrogens is 202 g/mol. The predicted octanol–water partition coefficient (Wildman–Crippen LogP) is 3.67. The van der Waals surface area contributed by atoms with Crippen molar-refractivity contribution >= 4 is 11.8 Å². The van der Waals surface area contributed by atoms with Gasteiger partial charge in [-0.3, -0.25) is 0 Å². The SMILES string of the molecule is CCCCSC1CC(C(C)C)CCC1N.